The molecule has 3 nitrogen and oxygen atoms in total. The fraction of sp³-hybridized carbons (Fsp3) is 0.929. The van der Waals surface area contributed by atoms with Crippen LogP contribution in [0.15, 0.2) is 0 Å². The zero-order valence-corrected chi connectivity index (χ0v) is 13.1. The van der Waals surface area contributed by atoms with Gasteiger partial charge in [-0.15, -0.1) is 0 Å². The lowest BCUT2D eigenvalue weighted by molar-refractivity contribution is -0.127. The summed E-state index contributed by atoms with van der Waals surface area (Å²) in [4.78, 5) is 11.5. The van der Waals surface area contributed by atoms with Crippen LogP contribution in [0.4, 0.5) is 0 Å². The summed E-state index contributed by atoms with van der Waals surface area (Å²) < 4.78 is 0. The van der Waals surface area contributed by atoms with E-state index >= 15 is 0 Å². The average Bonchev–Trinajstić information content (AvgIpc) is 2.32. The normalized spacial score (nSPS) is 11.4. The van der Waals surface area contributed by atoms with E-state index in [4.69, 9.17) is 5.11 Å². The molecule has 0 bridgehead atoms. The Balaban J connectivity index is -0.000000439. The van der Waals surface area contributed by atoms with E-state index in [1.807, 2.05) is 55.4 Å². The monoisotopic (exact) mass is 247 g/mol. The summed E-state index contributed by atoms with van der Waals surface area (Å²) >= 11 is 0. The summed E-state index contributed by atoms with van der Waals surface area (Å²) in [7, 11) is 0. The molecule has 2 N–H and O–H groups in total. The van der Waals surface area contributed by atoms with Gasteiger partial charge in [0.2, 0.25) is 5.91 Å². The fourth-order valence-corrected chi connectivity index (χ4v) is 0.837. The second kappa shape index (κ2) is 13.5. The lowest BCUT2D eigenvalue weighted by Gasteiger charge is -2.25. The standard InChI is InChI=1S/C10H21NO2.2C2H6/c1-8(10(2,3)4)9(13)11-6-5-7-12;2*1-2/h8,12H,5-7H2,1-4H3,(H,11,13);2*1-2H3/t8-;;/m1../s1. The van der Waals surface area contributed by atoms with Crippen LogP contribution in [0.5, 0.6) is 0 Å². The lowest BCUT2D eigenvalue weighted by atomic mass is 9.81. The summed E-state index contributed by atoms with van der Waals surface area (Å²) in [6, 6.07) is 0. The molecular formula is C14H33NO2. The Bertz CT molecular complexity index is 162. The van der Waals surface area contributed by atoms with Gasteiger partial charge in [0.1, 0.15) is 0 Å². The van der Waals surface area contributed by atoms with Crippen LogP contribution in [0.3, 0.4) is 0 Å². The number of nitrogens with one attached hydrogen (secondary N) is 1. The predicted octanol–water partition coefficient (Wildman–Crippen LogP) is 3.22. The van der Waals surface area contributed by atoms with Crippen LogP contribution < -0.4 is 5.32 Å². The second-order valence-electron chi connectivity index (χ2n) is 4.46. The number of rotatable bonds is 4. The number of carbonyl (C=O) groups excluding carboxylic acids is 1. The number of hydrogen-bond acceptors (Lipinski definition) is 2. The van der Waals surface area contributed by atoms with Gasteiger partial charge in [0, 0.05) is 19.1 Å². The third-order valence-corrected chi connectivity index (χ3v) is 2.33. The number of carbonyl (C=O) groups is 1. The highest BCUT2D eigenvalue weighted by Crippen LogP contribution is 2.24. The van der Waals surface area contributed by atoms with Crippen molar-refractivity contribution in [2.75, 3.05) is 13.2 Å². The van der Waals surface area contributed by atoms with E-state index in [0.29, 0.717) is 13.0 Å². The fourth-order valence-electron chi connectivity index (χ4n) is 0.837. The maximum atomic E-state index is 11.5. The van der Waals surface area contributed by atoms with E-state index in [1.54, 1.807) is 0 Å². The Morgan fingerprint density at radius 3 is 1.88 bits per heavy atom. The van der Waals surface area contributed by atoms with Crippen molar-refractivity contribution >= 4 is 5.91 Å². The van der Waals surface area contributed by atoms with Crippen molar-refractivity contribution < 1.29 is 9.90 Å². The van der Waals surface area contributed by atoms with Gasteiger partial charge in [0.05, 0.1) is 0 Å². The third kappa shape index (κ3) is 13.4. The summed E-state index contributed by atoms with van der Waals surface area (Å²) in [5.41, 5.74) is 0.00327. The zero-order chi connectivity index (χ0) is 14.5. The molecule has 0 aliphatic carbocycles. The first-order valence-corrected chi connectivity index (χ1v) is 6.78. The van der Waals surface area contributed by atoms with Gasteiger partial charge in [-0.3, -0.25) is 4.79 Å². The molecule has 106 valence electrons. The summed E-state index contributed by atoms with van der Waals surface area (Å²) in [5.74, 6) is 0.0761. The van der Waals surface area contributed by atoms with Crippen LogP contribution in [0.25, 0.3) is 0 Å². The minimum Gasteiger partial charge on any atom is -0.396 e. The van der Waals surface area contributed by atoms with Crippen molar-refractivity contribution in [3.63, 3.8) is 0 Å². The molecule has 0 saturated heterocycles. The molecule has 0 aromatic rings. The Morgan fingerprint density at radius 1 is 1.18 bits per heavy atom. The van der Waals surface area contributed by atoms with Gasteiger partial charge in [-0.1, -0.05) is 55.4 Å². The molecule has 0 aliphatic heterocycles. The van der Waals surface area contributed by atoms with Gasteiger partial charge < -0.3 is 10.4 Å². The first-order chi connectivity index (χ1) is 7.89. The first-order valence-electron chi connectivity index (χ1n) is 6.78. The van der Waals surface area contributed by atoms with E-state index in [-0.39, 0.29) is 23.8 Å². The van der Waals surface area contributed by atoms with Gasteiger partial charge in [-0.2, -0.15) is 0 Å². The van der Waals surface area contributed by atoms with Gasteiger partial charge in [0.25, 0.3) is 0 Å². The van der Waals surface area contributed by atoms with Crippen LogP contribution >= 0.6 is 0 Å². The highest BCUT2D eigenvalue weighted by Gasteiger charge is 2.26. The molecule has 0 spiro atoms. The van der Waals surface area contributed by atoms with E-state index in [1.165, 1.54) is 0 Å². The minimum atomic E-state index is 0.00327. The highest BCUT2D eigenvalue weighted by atomic mass is 16.3. The van der Waals surface area contributed by atoms with E-state index < -0.39 is 0 Å². The van der Waals surface area contributed by atoms with E-state index in [9.17, 15) is 4.79 Å². The number of aliphatic hydroxyl groups is 1. The smallest absolute Gasteiger partial charge is 0.223 e. The van der Waals surface area contributed by atoms with Crippen LogP contribution in [0.1, 0.15) is 61.8 Å². The molecule has 0 heterocycles. The highest BCUT2D eigenvalue weighted by molar-refractivity contribution is 5.78. The van der Waals surface area contributed by atoms with Crippen molar-refractivity contribution in [3.05, 3.63) is 0 Å². The molecule has 0 radical (unpaired) electrons. The molecular weight excluding hydrogens is 214 g/mol. The lowest BCUT2D eigenvalue weighted by Crippen LogP contribution is -2.36. The summed E-state index contributed by atoms with van der Waals surface area (Å²) in [6.07, 6.45) is 0.628. The van der Waals surface area contributed by atoms with E-state index in [2.05, 4.69) is 5.32 Å². The Hall–Kier alpha value is -0.570. The van der Waals surface area contributed by atoms with Crippen molar-refractivity contribution in [2.24, 2.45) is 11.3 Å². The van der Waals surface area contributed by atoms with E-state index in [0.717, 1.165) is 0 Å². The molecule has 0 fully saturated rings. The molecule has 3 heteroatoms. The van der Waals surface area contributed by atoms with Crippen molar-refractivity contribution in [1.82, 2.24) is 5.32 Å². The zero-order valence-electron chi connectivity index (χ0n) is 13.1. The molecule has 0 saturated carbocycles. The largest absolute Gasteiger partial charge is 0.396 e. The van der Waals surface area contributed by atoms with Gasteiger partial charge in [-0.25, -0.2) is 0 Å². The molecule has 1 amide bonds. The quantitative estimate of drug-likeness (QED) is 0.749. The Labute approximate surface area is 108 Å². The molecule has 0 aliphatic rings. The molecule has 0 aromatic carbocycles. The predicted molar refractivity (Wildman–Crippen MR) is 76.0 cm³/mol. The first kappa shape index (κ1) is 21.7. The van der Waals surface area contributed by atoms with Crippen molar-refractivity contribution in [2.45, 2.75) is 61.8 Å². The maximum absolute atomic E-state index is 11.5. The SMILES string of the molecule is CC.CC.C[C@H](C(=O)NCCCO)C(C)(C)C. The van der Waals surface area contributed by atoms with Crippen LogP contribution in [0, 0.1) is 11.3 Å². The topological polar surface area (TPSA) is 49.3 Å². The number of amides is 1. The third-order valence-electron chi connectivity index (χ3n) is 2.33. The van der Waals surface area contributed by atoms with Crippen LogP contribution in [-0.2, 0) is 4.79 Å². The Kier molecular flexibility index (Phi) is 17.2. The molecule has 17 heavy (non-hydrogen) atoms. The molecule has 0 rings (SSSR count). The van der Waals surface area contributed by atoms with Gasteiger partial charge in [0.15, 0.2) is 0 Å². The summed E-state index contributed by atoms with van der Waals surface area (Å²) in [6.45, 7) is 16.8. The van der Waals surface area contributed by atoms with Gasteiger partial charge >= 0.3 is 0 Å². The molecule has 0 aromatic heterocycles. The van der Waals surface area contributed by atoms with Crippen LogP contribution in [0.2, 0.25) is 0 Å². The van der Waals surface area contributed by atoms with Crippen molar-refractivity contribution in [1.29, 1.82) is 0 Å². The Morgan fingerprint density at radius 2 is 1.59 bits per heavy atom. The average molecular weight is 247 g/mol. The van der Waals surface area contributed by atoms with Crippen LogP contribution in [-0.4, -0.2) is 24.2 Å². The molecule has 1 atom stereocenters. The summed E-state index contributed by atoms with van der Waals surface area (Å²) in [5, 5.41) is 11.3. The number of hydrogen-bond donors (Lipinski definition) is 2. The minimum absolute atomic E-state index is 0.00327. The van der Waals surface area contributed by atoms with Crippen molar-refractivity contribution in [3.8, 4) is 0 Å². The second-order valence-corrected chi connectivity index (χ2v) is 4.46. The molecule has 0 unspecified atom stereocenters. The maximum Gasteiger partial charge on any atom is 0.223 e. The van der Waals surface area contributed by atoms with Gasteiger partial charge in [-0.05, 0) is 11.8 Å². The number of aliphatic hydroxyl groups excluding tert-OH is 1.